The van der Waals surface area contributed by atoms with E-state index in [2.05, 4.69) is 4.98 Å². The Bertz CT molecular complexity index is 852. The van der Waals surface area contributed by atoms with Crippen LogP contribution in [0.5, 0.6) is 0 Å². The Kier molecular flexibility index (Phi) is 3.61. The van der Waals surface area contributed by atoms with Crippen LogP contribution in [0.4, 0.5) is 11.4 Å². The van der Waals surface area contributed by atoms with E-state index in [4.69, 9.17) is 0 Å². The fourth-order valence-electron chi connectivity index (χ4n) is 2.78. The van der Waals surface area contributed by atoms with Crippen LogP contribution in [0.25, 0.3) is 0 Å². The maximum absolute atomic E-state index is 12.5. The molecule has 0 aliphatic carbocycles. The first-order valence-electron chi connectivity index (χ1n) is 7.08. The highest BCUT2D eigenvalue weighted by Crippen LogP contribution is 2.43. The summed E-state index contributed by atoms with van der Waals surface area (Å²) in [5.41, 5.74) is -1.92. The largest absolute Gasteiger partial charge is 0.375 e. The monoisotopic (exact) mass is 327 g/mol. The van der Waals surface area contributed by atoms with Crippen molar-refractivity contribution < 1.29 is 19.6 Å². The first-order chi connectivity index (χ1) is 11.3. The van der Waals surface area contributed by atoms with Crippen LogP contribution < -0.4 is 4.90 Å². The van der Waals surface area contributed by atoms with Crippen LogP contribution in [0.1, 0.15) is 22.5 Å². The van der Waals surface area contributed by atoms with Gasteiger partial charge in [-0.2, -0.15) is 0 Å². The van der Waals surface area contributed by atoms with Gasteiger partial charge >= 0.3 is 0 Å². The first kappa shape index (κ1) is 15.8. The third kappa shape index (κ3) is 2.33. The molecule has 1 aliphatic rings. The molecule has 122 valence electrons. The van der Waals surface area contributed by atoms with Gasteiger partial charge in [0.05, 0.1) is 17.0 Å². The normalized spacial score (nSPS) is 19.2. The highest BCUT2D eigenvalue weighted by atomic mass is 16.6. The van der Waals surface area contributed by atoms with E-state index in [0.29, 0.717) is 5.69 Å². The predicted molar refractivity (Wildman–Crippen MR) is 83.6 cm³/mol. The summed E-state index contributed by atoms with van der Waals surface area (Å²) in [6, 6.07) is 8.49. The molecule has 2 aromatic rings. The molecule has 1 N–H and O–H groups in total. The molecule has 24 heavy (non-hydrogen) atoms. The molecular formula is C16H13N3O5. The summed E-state index contributed by atoms with van der Waals surface area (Å²) in [5, 5.41) is 21.8. The number of nitrogens with zero attached hydrogens (tertiary/aromatic N) is 3. The van der Waals surface area contributed by atoms with Gasteiger partial charge in [0.15, 0.2) is 11.4 Å². The van der Waals surface area contributed by atoms with Crippen LogP contribution >= 0.6 is 0 Å². The average molecular weight is 327 g/mol. The Morgan fingerprint density at radius 1 is 1.38 bits per heavy atom. The lowest BCUT2D eigenvalue weighted by Gasteiger charge is -2.20. The summed E-state index contributed by atoms with van der Waals surface area (Å²) >= 11 is 0. The second-order valence-electron chi connectivity index (χ2n) is 5.50. The summed E-state index contributed by atoms with van der Waals surface area (Å²) in [7, 11) is 1.44. The number of pyridine rings is 1. The third-order valence-corrected chi connectivity index (χ3v) is 4.02. The molecule has 8 heteroatoms. The smallest absolute Gasteiger partial charge is 0.269 e. The molecule has 3 rings (SSSR count). The number of benzene rings is 1. The number of nitro benzene ring substituents is 1. The van der Waals surface area contributed by atoms with Crippen molar-refractivity contribution in [3.8, 4) is 0 Å². The van der Waals surface area contributed by atoms with E-state index in [1.54, 1.807) is 12.1 Å². The first-order valence-corrected chi connectivity index (χ1v) is 7.08. The van der Waals surface area contributed by atoms with Crippen molar-refractivity contribution in [3.63, 3.8) is 0 Å². The fraction of sp³-hybridized carbons (Fsp3) is 0.188. The Morgan fingerprint density at radius 3 is 2.75 bits per heavy atom. The number of hydrogen-bond acceptors (Lipinski definition) is 6. The number of fused-ring (bicyclic) bond motifs is 1. The standard InChI is InChI=1S/C16H13N3O5/c1-18-13-6-5-10(19(23)24)8-11(13)16(22,15(18)21)9-14(20)12-4-2-3-7-17-12/h2-8,22H,9H2,1H3/t16-/m1/s1. The minimum atomic E-state index is -2.15. The van der Waals surface area contributed by atoms with Crippen LogP contribution in [-0.4, -0.2) is 33.8 Å². The van der Waals surface area contributed by atoms with Gasteiger partial charge in [0.25, 0.3) is 11.6 Å². The number of carbonyl (C=O) groups excluding carboxylic acids is 2. The van der Waals surface area contributed by atoms with Crippen molar-refractivity contribution in [3.05, 3.63) is 64.0 Å². The van der Waals surface area contributed by atoms with Crippen molar-refractivity contribution >= 4 is 23.1 Å². The molecule has 1 aliphatic heterocycles. The van der Waals surface area contributed by atoms with Crippen LogP contribution in [0.2, 0.25) is 0 Å². The van der Waals surface area contributed by atoms with E-state index in [1.807, 2.05) is 0 Å². The van der Waals surface area contributed by atoms with E-state index in [9.17, 15) is 24.8 Å². The summed E-state index contributed by atoms with van der Waals surface area (Å²) in [6.07, 6.45) is 0.889. The Balaban J connectivity index is 2.04. The van der Waals surface area contributed by atoms with E-state index < -0.39 is 28.6 Å². The molecule has 0 saturated carbocycles. The van der Waals surface area contributed by atoms with Gasteiger partial charge in [0.1, 0.15) is 5.69 Å². The molecule has 1 aromatic heterocycles. The average Bonchev–Trinajstić information content (AvgIpc) is 2.77. The second kappa shape index (κ2) is 5.50. The lowest BCUT2D eigenvalue weighted by molar-refractivity contribution is -0.385. The minimum Gasteiger partial charge on any atom is -0.375 e. The highest BCUT2D eigenvalue weighted by molar-refractivity contribution is 6.10. The topological polar surface area (TPSA) is 114 Å². The van der Waals surface area contributed by atoms with Gasteiger partial charge in [-0.1, -0.05) is 6.07 Å². The van der Waals surface area contributed by atoms with Gasteiger partial charge in [0.2, 0.25) is 0 Å². The van der Waals surface area contributed by atoms with Crippen LogP contribution in [0.3, 0.4) is 0 Å². The number of Topliss-reactive ketones (excluding diaryl/α,β-unsaturated/α-hetero) is 1. The molecule has 8 nitrogen and oxygen atoms in total. The fourth-order valence-corrected chi connectivity index (χ4v) is 2.78. The maximum Gasteiger partial charge on any atom is 0.269 e. The van der Waals surface area contributed by atoms with Gasteiger partial charge in [0, 0.05) is 30.9 Å². The summed E-state index contributed by atoms with van der Waals surface area (Å²) in [5.74, 6) is -1.23. The van der Waals surface area contributed by atoms with Crippen molar-refractivity contribution in [1.29, 1.82) is 0 Å². The van der Waals surface area contributed by atoms with E-state index >= 15 is 0 Å². The van der Waals surface area contributed by atoms with Crippen LogP contribution in [0, 0.1) is 10.1 Å². The number of anilines is 1. The number of aliphatic hydroxyl groups is 1. The molecule has 0 spiro atoms. The number of aromatic nitrogens is 1. The van der Waals surface area contributed by atoms with Crippen LogP contribution in [-0.2, 0) is 10.4 Å². The zero-order valence-corrected chi connectivity index (χ0v) is 12.7. The molecule has 1 amide bonds. The third-order valence-electron chi connectivity index (χ3n) is 4.02. The Hall–Kier alpha value is -3.13. The second-order valence-corrected chi connectivity index (χ2v) is 5.50. The lowest BCUT2D eigenvalue weighted by atomic mass is 9.89. The molecule has 0 unspecified atom stereocenters. The van der Waals surface area contributed by atoms with Crippen molar-refractivity contribution in [2.45, 2.75) is 12.0 Å². The molecule has 0 radical (unpaired) electrons. The van der Waals surface area contributed by atoms with Gasteiger partial charge in [-0.25, -0.2) is 0 Å². The van der Waals surface area contributed by atoms with E-state index in [1.165, 1.54) is 36.3 Å². The molecular weight excluding hydrogens is 314 g/mol. The number of nitro groups is 1. The number of non-ortho nitro benzene ring substituents is 1. The van der Waals surface area contributed by atoms with E-state index in [0.717, 1.165) is 6.07 Å². The lowest BCUT2D eigenvalue weighted by Crippen LogP contribution is -2.40. The zero-order chi connectivity index (χ0) is 17.5. The quantitative estimate of drug-likeness (QED) is 0.516. The molecule has 0 fully saturated rings. The zero-order valence-electron chi connectivity index (χ0n) is 12.7. The molecule has 0 saturated heterocycles. The Morgan fingerprint density at radius 2 is 2.12 bits per heavy atom. The van der Waals surface area contributed by atoms with Crippen molar-refractivity contribution in [1.82, 2.24) is 4.98 Å². The number of rotatable bonds is 4. The maximum atomic E-state index is 12.5. The predicted octanol–water partition coefficient (Wildman–Crippen LogP) is 1.43. The Labute approximate surface area is 136 Å². The molecule has 1 atom stereocenters. The van der Waals surface area contributed by atoms with Crippen molar-refractivity contribution in [2.75, 3.05) is 11.9 Å². The number of amides is 1. The van der Waals surface area contributed by atoms with Gasteiger partial charge in [-0.3, -0.25) is 24.7 Å². The number of carbonyl (C=O) groups is 2. The van der Waals surface area contributed by atoms with Gasteiger partial charge < -0.3 is 10.0 Å². The van der Waals surface area contributed by atoms with Crippen molar-refractivity contribution in [2.24, 2.45) is 0 Å². The van der Waals surface area contributed by atoms with Gasteiger partial charge in [-0.15, -0.1) is 0 Å². The summed E-state index contributed by atoms with van der Waals surface area (Å²) < 4.78 is 0. The molecule has 0 bridgehead atoms. The molecule has 1 aromatic carbocycles. The highest BCUT2D eigenvalue weighted by Gasteiger charge is 2.50. The minimum absolute atomic E-state index is 0.0495. The number of hydrogen-bond donors (Lipinski definition) is 1. The molecule has 2 heterocycles. The van der Waals surface area contributed by atoms with Crippen LogP contribution in [0.15, 0.2) is 42.6 Å². The summed E-state index contributed by atoms with van der Waals surface area (Å²) in [4.78, 5) is 40.3. The number of ketones is 1. The number of likely N-dealkylation sites (N-methyl/N-ethyl adjacent to an activating group) is 1. The van der Waals surface area contributed by atoms with Gasteiger partial charge in [-0.05, 0) is 18.2 Å². The van der Waals surface area contributed by atoms with E-state index in [-0.39, 0.29) is 16.9 Å². The summed E-state index contributed by atoms with van der Waals surface area (Å²) in [6.45, 7) is 0. The SMILES string of the molecule is CN1C(=O)[C@@](O)(CC(=O)c2ccccn2)c2cc([N+](=O)[O-])ccc21.